The van der Waals surface area contributed by atoms with Crippen LogP contribution < -0.4 is 16.0 Å². The fourth-order valence-corrected chi connectivity index (χ4v) is 2.49. The molecule has 0 atom stereocenters. The fourth-order valence-electron chi connectivity index (χ4n) is 2.29. The van der Waals surface area contributed by atoms with Crippen LogP contribution in [0.4, 0.5) is 5.69 Å². The molecule has 23 heavy (non-hydrogen) atoms. The van der Waals surface area contributed by atoms with Crippen molar-refractivity contribution in [1.82, 2.24) is 10.6 Å². The van der Waals surface area contributed by atoms with Gasteiger partial charge in [-0.25, -0.2) is 0 Å². The van der Waals surface area contributed by atoms with Crippen molar-refractivity contribution in [1.29, 1.82) is 0 Å². The molecule has 0 bridgehead atoms. The number of amides is 2. The second-order valence-electron chi connectivity index (χ2n) is 7.21. The van der Waals surface area contributed by atoms with E-state index in [1.54, 1.807) is 18.2 Å². The Hall–Kier alpha value is -1.59. The third kappa shape index (κ3) is 5.52. The number of carbonyl (C=O) groups is 2. The van der Waals surface area contributed by atoms with Gasteiger partial charge in [0.15, 0.2) is 0 Å². The maximum atomic E-state index is 12.2. The largest absolute Gasteiger partial charge is 0.352 e. The first-order valence-electron chi connectivity index (χ1n) is 7.83. The van der Waals surface area contributed by atoms with Crippen molar-refractivity contribution < 1.29 is 9.59 Å². The quantitative estimate of drug-likeness (QED) is 0.773. The topological polar surface area (TPSA) is 70.2 Å². The molecule has 0 aliphatic carbocycles. The Balaban J connectivity index is 1.99. The number of hydrogen-bond acceptors (Lipinski definition) is 3. The normalized spacial score (nSPS) is 15.0. The summed E-state index contributed by atoms with van der Waals surface area (Å²) in [6.45, 7) is 8.49. The summed E-state index contributed by atoms with van der Waals surface area (Å²) in [5.74, 6) is 0.188. The van der Waals surface area contributed by atoms with Crippen LogP contribution in [0.2, 0.25) is 5.02 Å². The van der Waals surface area contributed by atoms with Gasteiger partial charge in [0.1, 0.15) is 0 Å². The Morgan fingerprint density at radius 1 is 1.30 bits per heavy atom. The molecule has 0 radical (unpaired) electrons. The van der Waals surface area contributed by atoms with Crippen LogP contribution in [-0.2, 0) is 4.79 Å². The van der Waals surface area contributed by atoms with Gasteiger partial charge in [-0.1, -0.05) is 32.4 Å². The summed E-state index contributed by atoms with van der Waals surface area (Å²) < 4.78 is 0. The van der Waals surface area contributed by atoms with Crippen LogP contribution in [-0.4, -0.2) is 31.4 Å². The van der Waals surface area contributed by atoms with Gasteiger partial charge in [0.25, 0.3) is 5.91 Å². The van der Waals surface area contributed by atoms with Crippen molar-refractivity contribution in [3.63, 3.8) is 0 Å². The van der Waals surface area contributed by atoms with E-state index >= 15 is 0 Å². The molecular weight excluding hydrogens is 314 g/mol. The Bertz CT molecular complexity index is 592. The predicted octanol–water partition coefficient (Wildman–Crippen LogP) is 2.66. The highest BCUT2D eigenvalue weighted by Gasteiger charge is 2.20. The van der Waals surface area contributed by atoms with Crippen molar-refractivity contribution >= 4 is 29.1 Å². The van der Waals surface area contributed by atoms with Crippen LogP contribution >= 0.6 is 11.6 Å². The number of carbonyl (C=O) groups excluding carboxylic acids is 2. The van der Waals surface area contributed by atoms with Crippen LogP contribution in [0.15, 0.2) is 18.2 Å². The number of anilines is 1. The molecule has 1 heterocycles. The van der Waals surface area contributed by atoms with Crippen LogP contribution in [0, 0.1) is 11.3 Å². The lowest BCUT2D eigenvalue weighted by Crippen LogP contribution is -2.48. The maximum Gasteiger partial charge on any atom is 0.252 e. The number of benzene rings is 1. The van der Waals surface area contributed by atoms with Gasteiger partial charge in [-0.15, -0.1) is 0 Å². The van der Waals surface area contributed by atoms with E-state index in [-0.39, 0.29) is 17.2 Å². The molecule has 0 saturated carbocycles. The number of hydrogen-bond donors (Lipinski definition) is 3. The highest BCUT2D eigenvalue weighted by molar-refractivity contribution is 6.34. The fraction of sp³-hybridized carbons (Fsp3) is 0.529. The van der Waals surface area contributed by atoms with Crippen LogP contribution in [0.3, 0.4) is 0 Å². The Morgan fingerprint density at radius 3 is 2.57 bits per heavy atom. The van der Waals surface area contributed by atoms with Gasteiger partial charge in [-0.3, -0.25) is 9.59 Å². The summed E-state index contributed by atoms with van der Waals surface area (Å²) in [7, 11) is 0. The molecule has 126 valence electrons. The van der Waals surface area contributed by atoms with E-state index in [1.165, 1.54) is 0 Å². The lowest BCUT2D eigenvalue weighted by atomic mass is 9.92. The van der Waals surface area contributed by atoms with E-state index in [1.807, 2.05) is 20.8 Å². The summed E-state index contributed by atoms with van der Waals surface area (Å²) in [6.07, 6.45) is 0.409. The zero-order chi connectivity index (χ0) is 17.0. The Labute approximate surface area is 142 Å². The highest BCUT2D eigenvalue weighted by atomic mass is 35.5. The molecule has 3 N–H and O–H groups in total. The Morgan fingerprint density at radius 2 is 2.00 bits per heavy atom. The zero-order valence-corrected chi connectivity index (χ0v) is 14.6. The minimum atomic E-state index is -0.214. The van der Waals surface area contributed by atoms with Gasteiger partial charge < -0.3 is 16.0 Å². The minimum Gasteiger partial charge on any atom is -0.352 e. The molecule has 1 aliphatic rings. The number of halogens is 1. The molecule has 1 fully saturated rings. The van der Waals surface area contributed by atoms with Gasteiger partial charge in [-0.05, 0) is 23.6 Å². The molecule has 1 aromatic carbocycles. The molecule has 0 spiro atoms. The van der Waals surface area contributed by atoms with Gasteiger partial charge in [0, 0.05) is 37.7 Å². The zero-order valence-electron chi connectivity index (χ0n) is 13.8. The SMILES string of the molecule is CC(C)(C)CC(=O)Nc1ccc(Cl)c(C(=O)NCC2CNC2)c1. The minimum absolute atomic E-state index is 0.0771. The molecule has 0 unspecified atom stereocenters. The molecule has 0 aromatic heterocycles. The lowest BCUT2D eigenvalue weighted by Gasteiger charge is -2.27. The maximum absolute atomic E-state index is 12.2. The van der Waals surface area contributed by atoms with E-state index in [4.69, 9.17) is 11.6 Å². The summed E-state index contributed by atoms with van der Waals surface area (Å²) in [5, 5.41) is 9.24. The van der Waals surface area contributed by atoms with Gasteiger partial charge in [0.05, 0.1) is 10.6 Å². The van der Waals surface area contributed by atoms with Crippen molar-refractivity contribution in [3.8, 4) is 0 Å². The number of nitrogens with one attached hydrogen (secondary N) is 3. The van der Waals surface area contributed by atoms with Gasteiger partial charge >= 0.3 is 0 Å². The standard InChI is InChI=1S/C17H24ClN3O2/c1-17(2,3)7-15(22)21-12-4-5-14(18)13(6-12)16(23)20-10-11-8-19-9-11/h4-6,11,19H,7-10H2,1-3H3,(H,20,23)(H,21,22). The molecule has 1 aliphatic heterocycles. The smallest absolute Gasteiger partial charge is 0.252 e. The predicted molar refractivity (Wildman–Crippen MR) is 92.8 cm³/mol. The van der Waals surface area contributed by atoms with Gasteiger partial charge in [0.2, 0.25) is 5.91 Å². The monoisotopic (exact) mass is 337 g/mol. The molecular formula is C17H24ClN3O2. The molecule has 6 heteroatoms. The first kappa shape index (κ1) is 17.8. The van der Waals surface area contributed by atoms with Crippen molar-refractivity contribution in [2.75, 3.05) is 25.0 Å². The lowest BCUT2D eigenvalue weighted by molar-refractivity contribution is -0.117. The van der Waals surface area contributed by atoms with E-state index in [0.717, 1.165) is 13.1 Å². The summed E-state index contributed by atoms with van der Waals surface area (Å²) in [4.78, 5) is 24.3. The summed E-state index contributed by atoms with van der Waals surface area (Å²) >= 11 is 6.11. The summed E-state index contributed by atoms with van der Waals surface area (Å²) in [6, 6.07) is 4.96. The first-order valence-corrected chi connectivity index (χ1v) is 8.21. The van der Waals surface area contributed by atoms with Crippen LogP contribution in [0.25, 0.3) is 0 Å². The Kier molecular flexibility index (Phi) is 5.65. The highest BCUT2D eigenvalue weighted by Crippen LogP contribution is 2.23. The van der Waals surface area contributed by atoms with Gasteiger partial charge in [-0.2, -0.15) is 0 Å². The van der Waals surface area contributed by atoms with Crippen molar-refractivity contribution in [2.45, 2.75) is 27.2 Å². The molecule has 2 amide bonds. The third-order valence-corrected chi connectivity index (χ3v) is 3.93. The molecule has 5 nitrogen and oxygen atoms in total. The van der Waals surface area contributed by atoms with Crippen molar-refractivity contribution in [2.24, 2.45) is 11.3 Å². The molecule has 1 saturated heterocycles. The van der Waals surface area contributed by atoms with E-state index in [0.29, 0.717) is 35.2 Å². The first-order chi connectivity index (χ1) is 10.7. The second kappa shape index (κ2) is 7.32. The average Bonchev–Trinajstić information content (AvgIpc) is 2.36. The van der Waals surface area contributed by atoms with Crippen molar-refractivity contribution in [3.05, 3.63) is 28.8 Å². The third-order valence-electron chi connectivity index (χ3n) is 3.60. The summed E-state index contributed by atoms with van der Waals surface area (Å²) in [5.41, 5.74) is 0.875. The van der Waals surface area contributed by atoms with E-state index in [9.17, 15) is 9.59 Å². The molecule has 1 aromatic rings. The molecule has 2 rings (SSSR count). The van der Waals surface area contributed by atoms with Crippen LogP contribution in [0.1, 0.15) is 37.6 Å². The van der Waals surface area contributed by atoms with E-state index < -0.39 is 0 Å². The van der Waals surface area contributed by atoms with Crippen LogP contribution in [0.5, 0.6) is 0 Å². The average molecular weight is 338 g/mol. The second-order valence-corrected chi connectivity index (χ2v) is 7.62. The van der Waals surface area contributed by atoms with E-state index in [2.05, 4.69) is 16.0 Å². The number of rotatable bonds is 5.